The van der Waals surface area contributed by atoms with Gasteiger partial charge in [0.15, 0.2) is 0 Å². The molecule has 1 heterocycles. The SMILES string of the molecule is COc1ccc(CC(=O)N2CCN(C(=O)OCC(C)C)CC2)c(OC)c1. The number of hydrogen-bond donors (Lipinski definition) is 0. The second-order valence-corrected chi connectivity index (χ2v) is 6.69. The van der Waals surface area contributed by atoms with E-state index in [1.165, 1.54) is 0 Å². The van der Waals surface area contributed by atoms with Crippen molar-refractivity contribution < 1.29 is 23.8 Å². The Bertz CT molecular complexity index is 624. The highest BCUT2D eigenvalue weighted by Crippen LogP contribution is 2.25. The Labute approximate surface area is 154 Å². The number of carbonyl (C=O) groups is 2. The van der Waals surface area contributed by atoms with Gasteiger partial charge in [-0.25, -0.2) is 4.79 Å². The molecule has 0 spiro atoms. The molecule has 26 heavy (non-hydrogen) atoms. The van der Waals surface area contributed by atoms with Crippen molar-refractivity contribution in [2.45, 2.75) is 20.3 Å². The van der Waals surface area contributed by atoms with Crippen LogP contribution >= 0.6 is 0 Å². The molecule has 1 fully saturated rings. The average Bonchev–Trinajstić information content (AvgIpc) is 2.66. The molecule has 0 saturated carbocycles. The molecule has 1 saturated heterocycles. The summed E-state index contributed by atoms with van der Waals surface area (Å²) in [4.78, 5) is 28.0. The van der Waals surface area contributed by atoms with Gasteiger partial charge in [-0.15, -0.1) is 0 Å². The number of ether oxygens (including phenoxy) is 3. The first-order chi connectivity index (χ1) is 12.4. The third kappa shape index (κ3) is 5.28. The molecular weight excluding hydrogens is 336 g/mol. The highest BCUT2D eigenvalue weighted by atomic mass is 16.6. The lowest BCUT2D eigenvalue weighted by Gasteiger charge is -2.34. The summed E-state index contributed by atoms with van der Waals surface area (Å²) >= 11 is 0. The van der Waals surface area contributed by atoms with Crippen LogP contribution in [0.4, 0.5) is 4.79 Å². The summed E-state index contributed by atoms with van der Waals surface area (Å²) in [5, 5.41) is 0. The fraction of sp³-hybridized carbons (Fsp3) is 0.579. The lowest BCUT2D eigenvalue weighted by molar-refractivity contribution is -0.132. The molecule has 2 rings (SSSR count). The Balaban J connectivity index is 1.88. The summed E-state index contributed by atoms with van der Waals surface area (Å²) in [5.41, 5.74) is 0.817. The average molecular weight is 364 g/mol. The zero-order valence-corrected chi connectivity index (χ0v) is 16.0. The first-order valence-electron chi connectivity index (χ1n) is 8.85. The highest BCUT2D eigenvalue weighted by molar-refractivity contribution is 5.80. The van der Waals surface area contributed by atoms with E-state index in [1.807, 2.05) is 26.0 Å². The Morgan fingerprint density at radius 1 is 1.04 bits per heavy atom. The van der Waals surface area contributed by atoms with Crippen molar-refractivity contribution in [1.82, 2.24) is 9.80 Å². The van der Waals surface area contributed by atoms with Gasteiger partial charge in [0, 0.05) is 37.8 Å². The van der Waals surface area contributed by atoms with Crippen LogP contribution in [0.5, 0.6) is 11.5 Å². The summed E-state index contributed by atoms with van der Waals surface area (Å²) in [6.45, 7) is 6.40. The van der Waals surface area contributed by atoms with Gasteiger partial charge in [0.25, 0.3) is 0 Å². The Morgan fingerprint density at radius 3 is 2.27 bits per heavy atom. The van der Waals surface area contributed by atoms with E-state index in [0.717, 1.165) is 5.56 Å². The van der Waals surface area contributed by atoms with E-state index in [-0.39, 0.29) is 18.4 Å². The van der Waals surface area contributed by atoms with Crippen LogP contribution in [0, 0.1) is 5.92 Å². The molecule has 0 atom stereocenters. The number of nitrogens with zero attached hydrogens (tertiary/aromatic N) is 2. The first-order valence-corrected chi connectivity index (χ1v) is 8.85. The van der Waals surface area contributed by atoms with Gasteiger partial charge in [0.1, 0.15) is 11.5 Å². The normalized spacial score (nSPS) is 14.3. The van der Waals surface area contributed by atoms with Crippen molar-refractivity contribution in [3.63, 3.8) is 0 Å². The van der Waals surface area contributed by atoms with E-state index < -0.39 is 0 Å². The maximum atomic E-state index is 12.6. The van der Waals surface area contributed by atoms with Crippen LogP contribution in [0.25, 0.3) is 0 Å². The molecule has 0 aliphatic carbocycles. The van der Waals surface area contributed by atoms with Crippen molar-refractivity contribution in [2.24, 2.45) is 5.92 Å². The first kappa shape index (κ1) is 19.9. The summed E-state index contributed by atoms with van der Waals surface area (Å²) < 4.78 is 15.8. The Kier molecular flexibility index (Phi) is 7.12. The van der Waals surface area contributed by atoms with Gasteiger partial charge in [-0.3, -0.25) is 4.79 Å². The van der Waals surface area contributed by atoms with Gasteiger partial charge in [-0.2, -0.15) is 0 Å². The van der Waals surface area contributed by atoms with Crippen LogP contribution < -0.4 is 9.47 Å². The molecular formula is C19H28N2O5. The fourth-order valence-electron chi connectivity index (χ4n) is 2.74. The second-order valence-electron chi connectivity index (χ2n) is 6.69. The number of rotatable bonds is 6. The number of piperazine rings is 1. The second kappa shape index (κ2) is 9.31. The minimum absolute atomic E-state index is 0.0173. The molecule has 7 nitrogen and oxygen atoms in total. The van der Waals surface area contributed by atoms with Crippen LogP contribution in [0.1, 0.15) is 19.4 Å². The number of methoxy groups -OCH3 is 2. The third-order valence-electron chi connectivity index (χ3n) is 4.27. The minimum atomic E-state index is -0.303. The summed E-state index contributed by atoms with van der Waals surface area (Å²) in [6, 6.07) is 5.42. The Hall–Kier alpha value is -2.44. The molecule has 0 radical (unpaired) electrons. The van der Waals surface area contributed by atoms with Gasteiger partial charge >= 0.3 is 6.09 Å². The summed E-state index contributed by atoms with van der Waals surface area (Å²) in [6.07, 6.45) is -0.0482. The zero-order chi connectivity index (χ0) is 19.1. The van der Waals surface area contributed by atoms with Crippen molar-refractivity contribution in [3.8, 4) is 11.5 Å². The molecule has 0 aromatic heterocycles. The number of hydrogen-bond acceptors (Lipinski definition) is 5. The van der Waals surface area contributed by atoms with E-state index in [1.54, 1.807) is 30.1 Å². The molecule has 7 heteroatoms. The monoisotopic (exact) mass is 364 g/mol. The summed E-state index contributed by atoms with van der Waals surface area (Å²) in [5.74, 6) is 1.64. The topological polar surface area (TPSA) is 68.3 Å². The van der Waals surface area contributed by atoms with E-state index >= 15 is 0 Å². The lowest BCUT2D eigenvalue weighted by atomic mass is 10.1. The maximum absolute atomic E-state index is 12.6. The van der Waals surface area contributed by atoms with Crippen LogP contribution in [0.3, 0.4) is 0 Å². The third-order valence-corrected chi connectivity index (χ3v) is 4.27. The maximum Gasteiger partial charge on any atom is 0.409 e. The van der Waals surface area contributed by atoms with Gasteiger partial charge in [0.05, 0.1) is 27.2 Å². The van der Waals surface area contributed by atoms with Crippen molar-refractivity contribution >= 4 is 12.0 Å². The van der Waals surface area contributed by atoms with Gasteiger partial charge in [0.2, 0.25) is 5.91 Å². The molecule has 1 aromatic carbocycles. The fourth-order valence-corrected chi connectivity index (χ4v) is 2.74. The van der Waals surface area contributed by atoms with Crippen molar-refractivity contribution in [1.29, 1.82) is 0 Å². The highest BCUT2D eigenvalue weighted by Gasteiger charge is 2.25. The van der Waals surface area contributed by atoms with Gasteiger partial charge in [-0.1, -0.05) is 19.9 Å². The van der Waals surface area contributed by atoms with Crippen LogP contribution in [-0.2, 0) is 16.0 Å². The molecule has 0 unspecified atom stereocenters. The molecule has 0 bridgehead atoms. The lowest BCUT2D eigenvalue weighted by Crippen LogP contribution is -2.51. The number of benzene rings is 1. The molecule has 144 valence electrons. The van der Waals surface area contributed by atoms with Crippen LogP contribution in [-0.4, -0.2) is 68.8 Å². The standard InChI is InChI=1S/C19H28N2O5/c1-14(2)13-26-19(23)21-9-7-20(8-10-21)18(22)11-15-5-6-16(24-3)12-17(15)25-4/h5-6,12,14H,7-11,13H2,1-4H3. The van der Waals surface area contributed by atoms with Gasteiger partial charge in [-0.05, 0) is 12.0 Å². The molecule has 2 amide bonds. The van der Waals surface area contributed by atoms with E-state index in [4.69, 9.17) is 14.2 Å². The van der Waals surface area contributed by atoms with Crippen molar-refractivity contribution in [2.75, 3.05) is 47.0 Å². The van der Waals surface area contributed by atoms with Gasteiger partial charge < -0.3 is 24.0 Å². The molecule has 1 aliphatic heterocycles. The number of carbonyl (C=O) groups excluding carboxylic acids is 2. The predicted molar refractivity (Wildman–Crippen MR) is 97.6 cm³/mol. The van der Waals surface area contributed by atoms with Crippen LogP contribution in [0.15, 0.2) is 18.2 Å². The Morgan fingerprint density at radius 2 is 1.69 bits per heavy atom. The smallest absolute Gasteiger partial charge is 0.409 e. The predicted octanol–water partition coefficient (Wildman–Crippen LogP) is 2.18. The van der Waals surface area contributed by atoms with E-state index in [0.29, 0.717) is 50.2 Å². The van der Waals surface area contributed by atoms with E-state index in [2.05, 4.69) is 0 Å². The van der Waals surface area contributed by atoms with Crippen molar-refractivity contribution in [3.05, 3.63) is 23.8 Å². The summed E-state index contributed by atoms with van der Waals surface area (Å²) in [7, 11) is 3.16. The largest absolute Gasteiger partial charge is 0.497 e. The molecule has 0 N–H and O–H groups in total. The molecule has 1 aliphatic rings. The quantitative estimate of drug-likeness (QED) is 0.774. The zero-order valence-electron chi connectivity index (χ0n) is 16.0. The number of amides is 2. The van der Waals surface area contributed by atoms with Crippen LogP contribution in [0.2, 0.25) is 0 Å². The minimum Gasteiger partial charge on any atom is -0.497 e. The molecule has 1 aromatic rings. The van der Waals surface area contributed by atoms with E-state index in [9.17, 15) is 9.59 Å².